The summed E-state index contributed by atoms with van der Waals surface area (Å²) in [6, 6.07) is 22.7. The highest BCUT2D eigenvalue weighted by molar-refractivity contribution is 7.92. The summed E-state index contributed by atoms with van der Waals surface area (Å²) in [5, 5.41) is 3.41. The molecule has 0 aromatic heterocycles. The highest BCUT2D eigenvalue weighted by atomic mass is 32.2. The van der Waals surface area contributed by atoms with E-state index >= 15 is 0 Å². The minimum Gasteiger partial charge on any atom is -0.460 e. The van der Waals surface area contributed by atoms with Gasteiger partial charge in [-0.15, -0.1) is 0 Å². The number of hydrogen-bond acceptors (Lipinski definition) is 5. The molecule has 1 atom stereocenters. The molecule has 1 aliphatic heterocycles. The predicted octanol–water partition coefficient (Wildman–Crippen LogP) is 4.28. The fraction of sp³-hybridized carbons (Fsp3) is 0.174. The Morgan fingerprint density at radius 1 is 0.933 bits per heavy atom. The van der Waals surface area contributed by atoms with Crippen molar-refractivity contribution in [2.24, 2.45) is 4.99 Å². The zero-order valence-corrected chi connectivity index (χ0v) is 17.0. The van der Waals surface area contributed by atoms with Gasteiger partial charge in [0.05, 0.1) is 16.6 Å². The van der Waals surface area contributed by atoms with Crippen LogP contribution in [-0.4, -0.2) is 14.4 Å². The first-order valence-corrected chi connectivity index (χ1v) is 11.3. The van der Waals surface area contributed by atoms with E-state index in [0.717, 1.165) is 24.1 Å². The second-order valence-electron chi connectivity index (χ2n) is 7.40. The van der Waals surface area contributed by atoms with Gasteiger partial charge in [0, 0.05) is 11.3 Å². The lowest BCUT2D eigenvalue weighted by atomic mass is 10.1. The highest BCUT2D eigenvalue weighted by Crippen LogP contribution is 2.33. The van der Waals surface area contributed by atoms with Gasteiger partial charge in [0.1, 0.15) is 6.61 Å². The van der Waals surface area contributed by atoms with Crippen molar-refractivity contribution >= 4 is 27.4 Å². The summed E-state index contributed by atoms with van der Waals surface area (Å²) in [6.07, 6.45) is 2.05. The molecule has 152 valence electrons. The first kappa shape index (κ1) is 18.7. The maximum atomic E-state index is 12.5. The van der Waals surface area contributed by atoms with Gasteiger partial charge >= 0.3 is 0 Å². The standard InChI is InChI=1S/C23H21N3O3S/c27-30(28,19-7-2-1-3-8-19)26-18-11-13-21-17(14-18)15-29-23(24-21)25-22-12-10-16-6-4-5-9-20(16)22/h1-9,11,13-14,22,26H,10,12,15H2,(H,24,25)/t22-/m1/s1. The number of ether oxygens (including phenoxy) is 1. The number of amidine groups is 1. The molecule has 0 radical (unpaired) electrons. The number of sulfonamides is 1. The van der Waals surface area contributed by atoms with E-state index in [1.807, 2.05) is 6.07 Å². The van der Waals surface area contributed by atoms with Gasteiger partial charge in [0.25, 0.3) is 16.0 Å². The molecule has 0 bridgehead atoms. The Morgan fingerprint density at radius 2 is 1.73 bits per heavy atom. The second kappa shape index (κ2) is 7.50. The lowest BCUT2D eigenvalue weighted by molar-refractivity contribution is 0.266. The number of nitrogens with zero attached hydrogens (tertiary/aromatic N) is 1. The number of aryl methyl sites for hydroxylation is 1. The number of benzene rings is 3. The van der Waals surface area contributed by atoms with Gasteiger partial charge in [-0.3, -0.25) is 4.72 Å². The van der Waals surface area contributed by atoms with Gasteiger partial charge in [-0.2, -0.15) is 4.99 Å². The lowest BCUT2D eigenvalue weighted by Gasteiger charge is -2.22. The molecule has 30 heavy (non-hydrogen) atoms. The Bertz CT molecular complexity index is 1220. The summed E-state index contributed by atoms with van der Waals surface area (Å²) in [5.74, 6) is 0. The lowest BCUT2D eigenvalue weighted by Crippen LogP contribution is -2.30. The zero-order chi connectivity index (χ0) is 20.6. The molecular weight excluding hydrogens is 398 g/mol. The molecule has 1 heterocycles. The molecule has 0 saturated carbocycles. The quantitative estimate of drug-likeness (QED) is 0.661. The van der Waals surface area contributed by atoms with Crippen molar-refractivity contribution in [3.8, 4) is 0 Å². The van der Waals surface area contributed by atoms with Crippen molar-refractivity contribution in [1.82, 2.24) is 5.32 Å². The van der Waals surface area contributed by atoms with E-state index in [0.29, 0.717) is 18.3 Å². The third-order valence-electron chi connectivity index (χ3n) is 5.40. The van der Waals surface area contributed by atoms with E-state index in [4.69, 9.17) is 4.74 Å². The van der Waals surface area contributed by atoms with Crippen LogP contribution in [-0.2, 0) is 27.8 Å². The SMILES string of the molecule is O=S(=O)(Nc1ccc2c(c1)COC(N[C@@H]1CCc3ccccc31)=N2)c1ccccc1. The Morgan fingerprint density at radius 3 is 2.60 bits per heavy atom. The van der Waals surface area contributed by atoms with Crippen molar-refractivity contribution < 1.29 is 13.2 Å². The molecule has 0 spiro atoms. The average Bonchev–Trinajstić information content (AvgIpc) is 3.17. The Kier molecular flexibility index (Phi) is 4.67. The van der Waals surface area contributed by atoms with Crippen molar-refractivity contribution in [3.05, 3.63) is 89.5 Å². The highest BCUT2D eigenvalue weighted by Gasteiger charge is 2.25. The van der Waals surface area contributed by atoms with Crippen LogP contribution >= 0.6 is 0 Å². The largest absolute Gasteiger partial charge is 0.460 e. The number of hydrogen-bond donors (Lipinski definition) is 2. The number of anilines is 1. The van der Waals surface area contributed by atoms with Crippen LogP contribution in [0.25, 0.3) is 0 Å². The number of fused-ring (bicyclic) bond motifs is 2. The summed E-state index contributed by atoms with van der Waals surface area (Å²) >= 11 is 0. The van der Waals surface area contributed by atoms with Crippen molar-refractivity contribution in [2.45, 2.75) is 30.4 Å². The summed E-state index contributed by atoms with van der Waals surface area (Å²) in [7, 11) is -3.63. The molecule has 7 heteroatoms. The van der Waals surface area contributed by atoms with E-state index in [2.05, 4.69) is 39.3 Å². The zero-order valence-electron chi connectivity index (χ0n) is 16.2. The second-order valence-corrected chi connectivity index (χ2v) is 9.08. The van der Waals surface area contributed by atoms with Gasteiger partial charge in [0.2, 0.25) is 0 Å². The average molecular weight is 420 g/mol. The van der Waals surface area contributed by atoms with Crippen LogP contribution in [0, 0.1) is 0 Å². The number of nitrogens with one attached hydrogen (secondary N) is 2. The van der Waals surface area contributed by atoms with Crippen molar-refractivity contribution in [1.29, 1.82) is 0 Å². The maximum Gasteiger partial charge on any atom is 0.290 e. The molecule has 0 unspecified atom stereocenters. The molecular formula is C23H21N3O3S. The van der Waals surface area contributed by atoms with Crippen LogP contribution in [0.5, 0.6) is 0 Å². The van der Waals surface area contributed by atoms with E-state index in [9.17, 15) is 8.42 Å². The van der Waals surface area contributed by atoms with E-state index in [-0.39, 0.29) is 10.9 Å². The van der Waals surface area contributed by atoms with Crippen LogP contribution in [0.3, 0.4) is 0 Å². The Labute approximate surface area is 175 Å². The third-order valence-corrected chi connectivity index (χ3v) is 6.80. The van der Waals surface area contributed by atoms with E-state index < -0.39 is 10.0 Å². The van der Waals surface area contributed by atoms with Crippen LogP contribution in [0.15, 0.2) is 82.7 Å². The van der Waals surface area contributed by atoms with Gasteiger partial charge in [-0.25, -0.2) is 8.42 Å². The summed E-state index contributed by atoms with van der Waals surface area (Å²) in [4.78, 5) is 4.81. The van der Waals surface area contributed by atoms with E-state index in [1.165, 1.54) is 11.1 Å². The fourth-order valence-electron chi connectivity index (χ4n) is 3.91. The molecule has 5 rings (SSSR count). The van der Waals surface area contributed by atoms with Gasteiger partial charge in [-0.05, 0) is 54.3 Å². The molecule has 0 amide bonds. The summed E-state index contributed by atoms with van der Waals surface area (Å²) in [5.41, 5.74) is 4.75. The molecule has 1 aliphatic carbocycles. The molecule has 0 saturated heterocycles. The maximum absolute atomic E-state index is 12.5. The Balaban J connectivity index is 1.33. The third kappa shape index (κ3) is 3.64. The minimum absolute atomic E-state index is 0.193. The van der Waals surface area contributed by atoms with E-state index in [1.54, 1.807) is 42.5 Å². The van der Waals surface area contributed by atoms with Crippen molar-refractivity contribution in [3.63, 3.8) is 0 Å². The van der Waals surface area contributed by atoms with Gasteiger partial charge in [0.15, 0.2) is 0 Å². The fourth-order valence-corrected chi connectivity index (χ4v) is 4.98. The smallest absolute Gasteiger partial charge is 0.290 e. The van der Waals surface area contributed by atoms with Gasteiger partial charge in [-0.1, -0.05) is 42.5 Å². The van der Waals surface area contributed by atoms with Gasteiger partial charge < -0.3 is 10.1 Å². The molecule has 2 aliphatic rings. The molecule has 3 aromatic carbocycles. The molecule has 0 fully saturated rings. The molecule has 3 aromatic rings. The predicted molar refractivity (Wildman–Crippen MR) is 116 cm³/mol. The van der Waals surface area contributed by atoms with Crippen LogP contribution < -0.4 is 10.0 Å². The van der Waals surface area contributed by atoms with Crippen LogP contribution in [0.2, 0.25) is 0 Å². The van der Waals surface area contributed by atoms with Crippen LogP contribution in [0.4, 0.5) is 11.4 Å². The first-order valence-electron chi connectivity index (χ1n) is 9.85. The topological polar surface area (TPSA) is 79.8 Å². The van der Waals surface area contributed by atoms with Crippen molar-refractivity contribution in [2.75, 3.05) is 4.72 Å². The normalized spacial score (nSPS) is 17.3. The first-order chi connectivity index (χ1) is 14.6. The minimum atomic E-state index is -3.63. The molecule has 6 nitrogen and oxygen atoms in total. The summed E-state index contributed by atoms with van der Waals surface area (Å²) < 4.78 is 33.5. The number of rotatable bonds is 4. The number of aliphatic imine (C=N–C) groups is 1. The Hall–Kier alpha value is -3.32. The van der Waals surface area contributed by atoms with Crippen LogP contribution in [0.1, 0.15) is 29.2 Å². The monoisotopic (exact) mass is 419 g/mol. The molecule has 2 N–H and O–H groups in total. The summed E-state index contributed by atoms with van der Waals surface area (Å²) in [6.45, 7) is 0.330.